The van der Waals surface area contributed by atoms with Crippen LogP contribution in [0, 0.1) is 5.82 Å². The molecule has 1 N–H and O–H groups in total. The molecule has 1 atom stereocenters. The van der Waals surface area contributed by atoms with E-state index in [1.807, 2.05) is 12.4 Å². The highest BCUT2D eigenvalue weighted by Crippen LogP contribution is 2.23. The maximum Gasteiger partial charge on any atom is 0.234 e. The van der Waals surface area contributed by atoms with Crippen LogP contribution in [0.2, 0.25) is 0 Å². The van der Waals surface area contributed by atoms with Crippen LogP contribution in [0.3, 0.4) is 0 Å². The minimum Gasteiger partial charge on any atom is -0.376 e. The fourth-order valence-corrected chi connectivity index (χ4v) is 3.63. The summed E-state index contributed by atoms with van der Waals surface area (Å²) in [7, 11) is 0. The summed E-state index contributed by atoms with van der Waals surface area (Å²) >= 11 is 0. The van der Waals surface area contributed by atoms with Crippen molar-refractivity contribution < 1.29 is 13.9 Å². The Hall–Kier alpha value is -2.51. The van der Waals surface area contributed by atoms with Crippen molar-refractivity contribution in [3.63, 3.8) is 0 Å². The van der Waals surface area contributed by atoms with Crippen molar-refractivity contribution >= 4 is 11.5 Å². The molecule has 28 heavy (non-hydrogen) atoms. The number of aromatic nitrogens is 2. The summed E-state index contributed by atoms with van der Waals surface area (Å²) in [6.45, 7) is 3.39. The number of amides is 1. The molecule has 0 saturated carbocycles. The van der Waals surface area contributed by atoms with Gasteiger partial charge in [-0.15, -0.1) is 0 Å². The van der Waals surface area contributed by atoms with E-state index >= 15 is 0 Å². The summed E-state index contributed by atoms with van der Waals surface area (Å²) in [6, 6.07) is 6.27. The van der Waals surface area contributed by atoms with E-state index < -0.39 is 0 Å². The molecule has 2 aromatic rings. The van der Waals surface area contributed by atoms with Crippen LogP contribution in [-0.2, 0) is 9.53 Å². The van der Waals surface area contributed by atoms with E-state index in [-0.39, 0.29) is 17.8 Å². The number of nitrogens with one attached hydrogen (secondary N) is 1. The van der Waals surface area contributed by atoms with Crippen molar-refractivity contribution in [2.24, 2.45) is 0 Å². The summed E-state index contributed by atoms with van der Waals surface area (Å²) < 4.78 is 20.4. The first-order chi connectivity index (χ1) is 13.7. The second-order valence-corrected chi connectivity index (χ2v) is 7.30. The monoisotopic (exact) mass is 384 g/mol. The van der Waals surface area contributed by atoms with Crippen LogP contribution in [0.4, 0.5) is 4.39 Å². The normalized spacial score (nSPS) is 20.2. The lowest BCUT2D eigenvalue weighted by molar-refractivity contribution is -0.122. The molecule has 1 aromatic carbocycles. The number of hydrogen-bond donors (Lipinski definition) is 1. The van der Waals surface area contributed by atoms with Gasteiger partial charge in [-0.1, -0.05) is 6.08 Å². The molecule has 2 aliphatic heterocycles. The molecule has 3 heterocycles. The maximum absolute atomic E-state index is 13.1. The fraction of sp³-hybridized carbons (Fsp3) is 0.429. The summed E-state index contributed by atoms with van der Waals surface area (Å²) in [5.74, 6) is -0.206. The van der Waals surface area contributed by atoms with Gasteiger partial charge in [0.2, 0.25) is 5.91 Å². The molecule has 6 nitrogen and oxygen atoms in total. The summed E-state index contributed by atoms with van der Waals surface area (Å²) in [6.07, 6.45) is 9.10. The lowest BCUT2D eigenvalue weighted by Crippen LogP contribution is -2.41. The van der Waals surface area contributed by atoms with Gasteiger partial charge in [0.1, 0.15) is 5.82 Å². The van der Waals surface area contributed by atoms with E-state index in [0.29, 0.717) is 13.1 Å². The van der Waals surface area contributed by atoms with Gasteiger partial charge in [-0.25, -0.2) is 9.07 Å². The van der Waals surface area contributed by atoms with Gasteiger partial charge in [-0.2, -0.15) is 5.10 Å². The van der Waals surface area contributed by atoms with E-state index in [1.54, 1.807) is 16.8 Å². The van der Waals surface area contributed by atoms with Crippen molar-refractivity contribution in [2.45, 2.75) is 25.4 Å². The number of rotatable bonds is 6. The molecule has 1 saturated heterocycles. The van der Waals surface area contributed by atoms with Gasteiger partial charge in [-0.3, -0.25) is 9.69 Å². The van der Waals surface area contributed by atoms with Crippen molar-refractivity contribution in [2.75, 3.05) is 32.8 Å². The van der Waals surface area contributed by atoms with Crippen LogP contribution in [0.5, 0.6) is 0 Å². The SMILES string of the molecule is O=C(CN1CC=C(c2cnn(-c3ccc(F)cc3)c2)CC1)NC[C@H]1CCCO1. The summed E-state index contributed by atoms with van der Waals surface area (Å²) in [5.41, 5.74) is 3.12. The second kappa shape index (κ2) is 8.67. The van der Waals surface area contributed by atoms with E-state index in [2.05, 4.69) is 21.4 Å². The van der Waals surface area contributed by atoms with Gasteiger partial charge >= 0.3 is 0 Å². The lowest BCUT2D eigenvalue weighted by atomic mass is 10.0. The van der Waals surface area contributed by atoms with Gasteiger partial charge in [0.05, 0.1) is 24.5 Å². The van der Waals surface area contributed by atoms with Gasteiger partial charge in [0.15, 0.2) is 0 Å². The van der Waals surface area contributed by atoms with Gasteiger partial charge in [0, 0.05) is 38.0 Å². The van der Waals surface area contributed by atoms with Crippen LogP contribution in [0.25, 0.3) is 11.3 Å². The van der Waals surface area contributed by atoms with Gasteiger partial charge in [-0.05, 0) is 49.1 Å². The number of carbonyl (C=O) groups excluding carboxylic acids is 1. The predicted molar refractivity (Wildman–Crippen MR) is 105 cm³/mol. The Balaban J connectivity index is 1.29. The first-order valence-corrected chi connectivity index (χ1v) is 9.78. The first-order valence-electron chi connectivity index (χ1n) is 9.78. The van der Waals surface area contributed by atoms with Gasteiger partial charge < -0.3 is 10.1 Å². The zero-order valence-corrected chi connectivity index (χ0v) is 15.8. The van der Waals surface area contributed by atoms with E-state index in [1.165, 1.54) is 17.7 Å². The number of benzene rings is 1. The molecule has 148 valence electrons. The summed E-state index contributed by atoms with van der Waals surface area (Å²) in [4.78, 5) is 14.3. The van der Waals surface area contributed by atoms with Gasteiger partial charge in [0.25, 0.3) is 0 Å². The molecule has 4 rings (SSSR count). The average Bonchev–Trinajstić information content (AvgIpc) is 3.40. The Morgan fingerprint density at radius 2 is 2.18 bits per heavy atom. The standard InChI is InChI=1S/C21H25FN4O2/c22-18-3-5-19(6-4-18)26-14-17(12-24-26)16-7-9-25(10-8-16)15-21(27)23-13-20-2-1-11-28-20/h3-7,12,14,20H,1-2,8-11,13,15H2,(H,23,27)/t20-/m1/s1. The predicted octanol–water partition coefficient (Wildman–Crippen LogP) is 2.40. The molecule has 0 unspecified atom stereocenters. The number of hydrogen-bond acceptors (Lipinski definition) is 4. The molecule has 1 amide bonds. The smallest absolute Gasteiger partial charge is 0.234 e. The Morgan fingerprint density at radius 1 is 1.32 bits per heavy atom. The third-order valence-electron chi connectivity index (χ3n) is 5.26. The third kappa shape index (κ3) is 4.66. The van der Waals surface area contributed by atoms with E-state index in [0.717, 1.165) is 50.2 Å². The number of ether oxygens (including phenoxy) is 1. The Labute approximate surface area is 164 Å². The Morgan fingerprint density at radius 3 is 2.89 bits per heavy atom. The number of halogens is 1. The molecule has 0 spiro atoms. The van der Waals surface area contributed by atoms with E-state index in [9.17, 15) is 9.18 Å². The number of carbonyl (C=O) groups is 1. The van der Waals surface area contributed by atoms with Crippen molar-refractivity contribution in [3.05, 3.63) is 54.1 Å². The van der Waals surface area contributed by atoms with Crippen LogP contribution in [0.1, 0.15) is 24.8 Å². The van der Waals surface area contributed by atoms with Crippen LogP contribution in [0.15, 0.2) is 42.7 Å². The van der Waals surface area contributed by atoms with Crippen LogP contribution in [-0.4, -0.2) is 59.5 Å². The molecule has 0 aliphatic carbocycles. The lowest BCUT2D eigenvalue weighted by Gasteiger charge is -2.25. The minimum atomic E-state index is -0.258. The van der Waals surface area contributed by atoms with Crippen molar-refractivity contribution in [3.8, 4) is 5.69 Å². The molecule has 1 aromatic heterocycles. The minimum absolute atomic E-state index is 0.0523. The quantitative estimate of drug-likeness (QED) is 0.831. The Kier molecular flexibility index (Phi) is 5.83. The van der Waals surface area contributed by atoms with Crippen molar-refractivity contribution in [1.29, 1.82) is 0 Å². The topological polar surface area (TPSA) is 59.4 Å². The Bertz CT molecular complexity index is 840. The maximum atomic E-state index is 13.1. The average molecular weight is 384 g/mol. The molecular weight excluding hydrogens is 359 g/mol. The first kappa shape index (κ1) is 18.8. The summed E-state index contributed by atoms with van der Waals surface area (Å²) in [5, 5.41) is 7.36. The highest BCUT2D eigenvalue weighted by Gasteiger charge is 2.19. The third-order valence-corrected chi connectivity index (χ3v) is 5.26. The highest BCUT2D eigenvalue weighted by molar-refractivity contribution is 5.78. The molecule has 0 radical (unpaired) electrons. The fourth-order valence-electron chi connectivity index (χ4n) is 3.63. The van der Waals surface area contributed by atoms with Crippen molar-refractivity contribution in [1.82, 2.24) is 20.0 Å². The number of nitrogens with zero attached hydrogens (tertiary/aromatic N) is 3. The highest BCUT2D eigenvalue weighted by atomic mass is 19.1. The zero-order chi connectivity index (χ0) is 19.3. The molecule has 7 heteroatoms. The molecular formula is C21H25FN4O2. The molecule has 2 aliphatic rings. The molecule has 0 bridgehead atoms. The van der Waals surface area contributed by atoms with Crippen LogP contribution >= 0.6 is 0 Å². The zero-order valence-electron chi connectivity index (χ0n) is 15.8. The van der Waals surface area contributed by atoms with E-state index in [4.69, 9.17) is 4.74 Å². The second-order valence-electron chi connectivity index (χ2n) is 7.30. The largest absolute Gasteiger partial charge is 0.376 e. The van der Waals surface area contributed by atoms with Crippen LogP contribution < -0.4 is 5.32 Å². The molecule has 1 fully saturated rings.